The maximum atomic E-state index is 11.1. The number of aromatic amines is 1. The highest BCUT2D eigenvalue weighted by molar-refractivity contribution is 6.00. The molecule has 1 aliphatic heterocycles. The number of rotatable bonds is 3. The highest BCUT2D eigenvalue weighted by Gasteiger charge is 2.19. The number of nitrogens with one attached hydrogen (secondary N) is 1. The van der Waals surface area contributed by atoms with E-state index in [-0.39, 0.29) is 11.7 Å². The van der Waals surface area contributed by atoms with Crippen LogP contribution in [0.25, 0.3) is 11.0 Å². The van der Waals surface area contributed by atoms with Gasteiger partial charge in [-0.1, -0.05) is 6.07 Å². The van der Waals surface area contributed by atoms with Crippen LogP contribution in [0.3, 0.4) is 0 Å². The average Bonchev–Trinajstić information content (AvgIpc) is 2.96. The number of H-pyrrole nitrogens is 1. The summed E-state index contributed by atoms with van der Waals surface area (Å²) in [7, 11) is 0. The summed E-state index contributed by atoms with van der Waals surface area (Å²) in [4.78, 5) is 18.6. The second-order valence-corrected chi connectivity index (χ2v) is 4.53. The van der Waals surface area contributed by atoms with Gasteiger partial charge in [-0.2, -0.15) is 0 Å². The molecule has 1 atom stereocenters. The minimum absolute atomic E-state index is 0.207. The van der Waals surface area contributed by atoms with E-state index < -0.39 is 5.97 Å². The zero-order chi connectivity index (χ0) is 12.5. The van der Waals surface area contributed by atoms with Crippen molar-refractivity contribution >= 4 is 17.0 Å². The van der Waals surface area contributed by atoms with Gasteiger partial charge in [0.1, 0.15) is 11.3 Å². The van der Waals surface area contributed by atoms with Gasteiger partial charge >= 0.3 is 5.97 Å². The molecule has 5 heteroatoms. The monoisotopic (exact) mass is 246 g/mol. The fourth-order valence-corrected chi connectivity index (χ4v) is 2.37. The van der Waals surface area contributed by atoms with Crippen molar-refractivity contribution in [3.63, 3.8) is 0 Å². The Balaban J connectivity index is 1.94. The van der Waals surface area contributed by atoms with Crippen molar-refractivity contribution in [2.24, 2.45) is 0 Å². The number of imidazole rings is 1. The zero-order valence-corrected chi connectivity index (χ0v) is 9.85. The van der Waals surface area contributed by atoms with Crippen LogP contribution in [0.15, 0.2) is 18.2 Å². The molecule has 1 fully saturated rings. The quantitative estimate of drug-likeness (QED) is 0.868. The molecule has 18 heavy (non-hydrogen) atoms. The molecule has 94 valence electrons. The zero-order valence-electron chi connectivity index (χ0n) is 9.85. The standard InChI is InChI=1S/C13H14N2O3/c16-13(17)9-4-1-5-10-12(9)15-11(14-10)7-8-3-2-6-18-8/h1,4-5,8H,2-3,6-7H2,(H,14,15)(H,16,17). The molecule has 0 aliphatic carbocycles. The summed E-state index contributed by atoms with van der Waals surface area (Å²) in [6, 6.07) is 5.13. The first-order chi connectivity index (χ1) is 8.74. The third kappa shape index (κ3) is 1.97. The fourth-order valence-electron chi connectivity index (χ4n) is 2.37. The van der Waals surface area contributed by atoms with Gasteiger partial charge in [-0.05, 0) is 25.0 Å². The topological polar surface area (TPSA) is 75.2 Å². The van der Waals surface area contributed by atoms with Crippen LogP contribution in [0.1, 0.15) is 29.0 Å². The van der Waals surface area contributed by atoms with Gasteiger partial charge in [-0.25, -0.2) is 9.78 Å². The van der Waals surface area contributed by atoms with Crippen LogP contribution in [0.5, 0.6) is 0 Å². The summed E-state index contributed by atoms with van der Waals surface area (Å²) in [5, 5.41) is 9.10. The van der Waals surface area contributed by atoms with Crippen LogP contribution in [-0.4, -0.2) is 33.8 Å². The fraction of sp³-hybridized carbons (Fsp3) is 0.385. The molecule has 1 aromatic heterocycles. The SMILES string of the molecule is O=C(O)c1cccc2[nH]c(CC3CCCO3)nc12. The largest absolute Gasteiger partial charge is 0.478 e. The van der Waals surface area contributed by atoms with Crippen LogP contribution in [0.2, 0.25) is 0 Å². The van der Waals surface area contributed by atoms with E-state index in [0.29, 0.717) is 11.9 Å². The van der Waals surface area contributed by atoms with E-state index in [4.69, 9.17) is 9.84 Å². The van der Waals surface area contributed by atoms with Gasteiger partial charge in [-0.15, -0.1) is 0 Å². The maximum Gasteiger partial charge on any atom is 0.337 e. The molecule has 0 radical (unpaired) electrons. The van der Waals surface area contributed by atoms with Gasteiger partial charge in [0, 0.05) is 13.0 Å². The third-order valence-corrected chi connectivity index (χ3v) is 3.24. The molecule has 5 nitrogen and oxygen atoms in total. The predicted octanol–water partition coefficient (Wildman–Crippen LogP) is 1.98. The number of carboxylic acids is 1. The molecule has 1 aliphatic rings. The van der Waals surface area contributed by atoms with Crippen LogP contribution in [0, 0.1) is 0 Å². The first-order valence-corrected chi connectivity index (χ1v) is 6.06. The Bertz CT molecular complexity index is 585. The van der Waals surface area contributed by atoms with E-state index in [2.05, 4.69) is 9.97 Å². The van der Waals surface area contributed by atoms with Crippen molar-refractivity contribution in [1.82, 2.24) is 9.97 Å². The maximum absolute atomic E-state index is 11.1. The number of hydrogen-bond donors (Lipinski definition) is 2. The number of aromatic carboxylic acids is 1. The number of ether oxygens (including phenoxy) is 1. The van der Waals surface area contributed by atoms with E-state index in [0.717, 1.165) is 30.8 Å². The van der Waals surface area contributed by atoms with Crippen LogP contribution in [0.4, 0.5) is 0 Å². The molecule has 2 aromatic rings. The van der Waals surface area contributed by atoms with Crippen molar-refractivity contribution in [2.45, 2.75) is 25.4 Å². The number of fused-ring (bicyclic) bond motifs is 1. The molecule has 0 bridgehead atoms. The second-order valence-electron chi connectivity index (χ2n) is 4.53. The minimum Gasteiger partial charge on any atom is -0.478 e. The number of para-hydroxylation sites is 1. The normalized spacial score (nSPS) is 19.4. The summed E-state index contributed by atoms with van der Waals surface area (Å²) >= 11 is 0. The number of carboxylic acid groups (broad SMARTS) is 1. The van der Waals surface area contributed by atoms with Gasteiger partial charge in [0.05, 0.1) is 17.2 Å². The van der Waals surface area contributed by atoms with Gasteiger partial charge in [0.2, 0.25) is 0 Å². The van der Waals surface area contributed by atoms with Crippen molar-refractivity contribution in [1.29, 1.82) is 0 Å². The van der Waals surface area contributed by atoms with E-state index in [1.165, 1.54) is 0 Å². The van der Waals surface area contributed by atoms with Gasteiger partial charge in [0.15, 0.2) is 0 Å². The molecular weight excluding hydrogens is 232 g/mol. The second kappa shape index (κ2) is 4.42. The number of carbonyl (C=O) groups is 1. The summed E-state index contributed by atoms with van der Waals surface area (Å²) in [6.45, 7) is 0.811. The Labute approximate surface area is 104 Å². The average molecular weight is 246 g/mol. The molecule has 3 rings (SSSR count). The molecular formula is C13H14N2O3. The molecule has 0 saturated carbocycles. The lowest BCUT2D eigenvalue weighted by Crippen LogP contribution is -2.09. The first kappa shape index (κ1) is 11.2. The van der Waals surface area contributed by atoms with E-state index >= 15 is 0 Å². The molecule has 2 heterocycles. The third-order valence-electron chi connectivity index (χ3n) is 3.24. The number of aromatic nitrogens is 2. The van der Waals surface area contributed by atoms with Crippen molar-refractivity contribution in [3.8, 4) is 0 Å². The smallest absolute Gasteiger partial charge is 0.337 e. The Morgan fingerprint density at radius 3 is 3.17 bits per heavy atom. The lowest BCUT2D eigenvalue weighted by Gasteiger charge is -2.05. The molecule has 1 unspecified atom stereocenters. The molecule has 0 spiro atoms. The lowest BCUT2D eigenvalue weighted by molar-refractivity contribution is 0.0699. The molecule has 1 saturated heterocycles. The van der Waals surface area contributed by atoms with E-state index in [1.807, 2.05) is 6.07 Å². The van der Waals surface area contributed by atoms with Crippen LogP contribution in [-0.2, 0) is 11.2 Å². The first-order valence-electron chi connectivity index (χ1n) is 6.06. The van der Waals surface area contributed by atoms with Crippen LogP contribution >= 0.6 is 0 Å². The van der Waals surface area contributed by atoms with Gasteiger partial charge in [0.25, 0.3) is 0 Å². The highest BCUT2D eigenvalue weighted by Crippen LogP contribution is 2.20. The highest BCUT2D eigenvalue weighted by atomic mass is 16.5. The minimum atomic E-state index is -0.948. The van der Waals surface area contributed by atoms with Gasteiger partial charge < -0.3 is 14.8 Å². The Kier molecular flexibility index (Phi) is 2.76. The van der Waals surface area contributed by atoms with E-state index in [1.54, 1.807) is 12.1 Å². The lowest BCUT2D eigenvalue weighted by atomic mass is 10.2. The predicted molar refractivity (Wildman–Crippen MR) is 65.7 cm³/mol. The van der Waals surface area contributed by atoms with Gasteiger partial charge in [-0.3, -0.25) is 0 Å². The molecule has 2 N–H and O–H groups in total. The molecule has 0 amide bonds. The van der Waals surface area contributed by atoms with Crippen molar-refractivity contribution in [3.05, 3.63) is 29.6 Å². The van der Waals surface area contributed by atoms with Crippen molar-refractivity contribution < 1.29 is 14.6 Å². The van der Waals surface area contributed by atoms with Crippen molar-refractivity contribution in [2.75, 3.05) is 6.61 Å². The molecule has 1 aromatic carbocycles. The number of nitrogens with zero attached hydrogens (tertiary/aromatic N) is 1. The number of benzene rings is 1. The summed E-state index contributed by atoms with van der Waals surface area (Å²) < 4.78 is 5.55. The Hall–Kier alpha value is -1.88. The summed E-state index contributed by atoms with van der Waals surface area (Å²) in [6.07, 6.45) is 3.06. The Morgan fingerprint density at radius 1 is 1.56 bits per heavy atom. The summed E-state index contributed by atoms with van der Waals surface area (Å²) in [5.41, 5.74) is 1.53. The van der Waals surface area contributed by atoms with E-state index in [9.17, 15) is 4.79 Å². The number of hydrogen-bond acceptors (Lipinski definition) is 3. The summed E-state index contributed by atoms with van der Waals surface area (Å²) in [5.74, 6) is -0.152. The Morgan fingerprint density at radius 2 is 2.44 bits per heavy atom. The van der Waals surface area contributed by atoms with Crippen LogP contribution < -0.4 is 0 Å².